The van der Waals surface area contributed by atoms with E-state index in [2.05, 4.69) is 86.0 Å². The first-order chi connectivity index (χ1) is 25.0. The van der Waals surface area contributed by atoms with Crippen LogP contribution in [0.25, 0.3) is 0 Å². The quantitative estimate of drug-likeness (QED) is 0.0384. The zero-order valence-electron chi connectivity index (χ0n) is 32.7. The summed E-state index contributed by atoms with van der Waals surface area (Å²) in [5, 5.41) is 11.1. The molecular weight excluding hydrogens is 634 g/mol. The summed E-state index contributed by atoms with van der Waals surface area (Å²) >= 11 is 0. The molecule has 0 saturated carbocycles. The number of aliphatic carboxylic acids is 1. The smallest absolute Gasteiger partial charge is 0.322 e. The third kappa shape index (κ3) is 39.5. The van der Waals surface area contributed by atoms with Crippen molar-refractivity contribution >= 4 is 17.8 Å². The van der Waals surface area contributed by atoms with Crippen molar-refractivity contribution in [3.05, 3.63) is 72.9 Å². The molecule has 0 aliphatic rings. The second-order valence-electron chi connectivity index (χ2n) is 13.5. The van der Waals surface area contributed by atoms with Gasteiger partial charge < -0.3 is 15.2 Å². The number of hydrogen-bond donors (Lipinski definition) is 2. The fraction of sp³-hybridized carbons (Fsp3) is 0.667. The molecule has 51 heavy (non-hydrogen) atoms. The number of nitrogens with one attached hydrogen (secondary N) is 1. The Balaban J connectivity index is 4.27. The van der Waals surface area contributed by atoms with Gasteiger partial charge in [0.2, 0.25) is 5.91 Å². The van der Waals surface area contributed by atoms with Gasteiger partial charge in [-0.1, -0.05) is 151 Å². The molecule has 0 aliphatic heterocycles. The molecule has 0 spiro atoms. The molecule has 0 aromatic rings. The maximum Gasteiger partial charge on any atom is 0.322 e. The topological polar surface area (TPSA) is 92.7 Å². The molecule has 1 atom stereocenters. The van der Waals surface area contributed by atoms with E-state index in [1.807, 2.05) is 6.08 Å². The number of unbranched alkanes of at least 4 members (excludes halogenated alkanes) is 15. The normalized spacial score (nSPS) is 12.8. The van der Waals surface area contributed by atoms with Crippen LogP contribution in [-0.4, -0.2) is 35.6 Å². The first-order valence-electron chi connectivity index (χ1n) is 20.6. The molecule has 2 N–H and O–H groups in total. The lowest BCUT2D eigenvalue weighted by Crippen LogP contribution is -2.28. The van der Waals surface area contributed by atoms with E-state index in [1.54, 1.807) is 0 Å². The van der Waals surface area contributed by atoms with Crippen molar-refractivity contribution < 1.29 is 24.2 Å². The number of carbonyl (C=O) groups is 3. The van der Waals surface area contributed by atoms with Crippen molar-refractivity contribution in [1.29, 1.82) is 0 Å². The third-order valence-electron chi connectivity index (χ3n) is 8.60. The Bertz CT molecular complexity index is 1010. The lowest BCUT2D eigenvalue weighted by atomic mass is 10.1. The largest absolute Gasteiger partial charge is 0.480 e. The molecule has 0 heterocycles. The molecule has 0 aromatic carbocycles. The van der Waals surface area contributed by atoms with Gasteiger partial charge in [0, 0.05) is 12.8 Å². The maximum absolute atomic E-state index is 12.7. The molecule has 0 aromatic heterocycles. The first-order valence-corrected chi connectivity index (χ1v) is 20.6. The van der Waals surface area contributed by atoms with Gasteiger partial charge in [-0.15, -0.1) is 0 Å². The van der Waals surface area contributed by atoms with E-state index >= 15 is 0 Å². The van der Waals surface area contributed by atoms with Crippen molar-refractivity contribution in [2.75, 3.05) is 6.54 Å². The van der Waals surface area contributed by atoms with Crippen LogP contribution in [-0.2, 0) is 19.1 Å². The van der Waals surface area contributed by atoms with Crippen LogP contribution < -0.4 is 5.32 Å². The fourth-order valence-corrected chi connectivity index (χ4v) is 5.57. The second-order valence-corrected chi connectivity index (χ2v) is 13.5. The summed E-state index contributed by atoms with van der Waals surface area (Å²) in [7, 11) is 0. The van der Waals surface area contributed by atoms with Gasteiger partial charge in [0.15, 0.2) is 0 Å². The minimum atomic E-state index is -1.03. The molecule has 1 amide bonds. The van der Waals surface area contributed by atoms with E-state index in [1.165, 1.54) is 70.6 Å². The second kappa shape index (κ2) is 39.6. The number of allylic oxidation sites excluding steroid dienone is 11. The Labute approximate surface area is 313 Å². The van der Waals surface area contributed by atoms with Crippen LogP contribution in [0.1, 0.15) is 181 Å². The summed E-state index contributed by atoms with van der Waals surface area (Å²) in [6.45, 7) is 4.07. The molecule has 6 nitrogen and oxygen atoms in total. The van der Waals surface area contributed by atoms with Crippen LogP contribution >= 0.6 is 0 Å². The molecule has 6 heteroatoms. The van der Waals surface area contributed by atoms with Crippen molar-refractivity contribution in [3.8, 4) is 0 Å². The first kappa shape index (κ1) is 47.8. The van der Waals surface area contributed by atoms with Crippen LogP contribution in [0.5, 0.6) is 0 Å². The number of carboxylic acids is 1. The highest BCUT2D eigenvalue weighted by molar-refractivity contribution is 5.80. The van der Waals surface area contributed by atoms with Crippen molar-refractivity contribution in [3.63, 3.8) is 0 Å². The maximum atomic E-state index is 12.7. The Hall–Kier alpha value is -3.15. The van der Waals surface area contributed by atoms with Crippen LogP contribution in [0.4, 0.5) is 0 Å². The molecule has 1 unspecified atom stereocenters. The standard InChI is InChI=1S/C45H75NO5/c1-3-5-7-9-11-13-15-16-17-18-19-20-21-23-25-27-32-36-40-45(50)51-42(37-33-29-26-24-22-14-12-10-8-6-4-2)38-34-30-28-31-35-39-43(47)46-41-44(48)49/h6,8,12-15,17-18,24,26,33,37,42H,3-5,7,9-11,16,19-23,25,27-32,34-36,38-41H2,1-2H3,(H,46,47)(H,48,49)/b8-6-,14-12-,15-13-,18-17-,26-24-,37-33-. The van der Waals surface area contributed by atoms with Gasteiger partial charge in [0.05, 0.1) is 0 Å². The van der Waals surface area contributed by atoms with Gasteiger partial charge in [-0.25, -0.2) is 0 Å². The van der Waals surface area contributed by atoms with E-state index in [0.29, 0.717) is 12.8 Å². The van der Waals surface area contributed by atoms with Gasteiger partial charge in [0.25, 0.3) is 0 Å². The van der Waals surface area contributed by atoms with Crippen LogP contribution in [0.3, 0.4) is 0 Å². The van der Waals surface area contributed by atoms with Crippen LogP contribution in [0.15, 0.2) is 72.9 Å². The minimum absolute atomic E-state index is 0.104. The number of amides is 1. The molecule has 0 radical (unpaired) electrons. The van der Waals surface area contributed by atoms with E-state index in [9.17, 15) is 14.4 Å². The van der Waals surface area contributed by atoms with Gasteiger partial charge in [0.1, 0.15) is 12.6 Å². The third-order valence-corrected chi connectivity index (χ3v) is 8.60. The van der Waals surface area contributed by atoms with E-state index in [4.69, 9.17) is 9.84 Å². The summed E-state index contributed by atoms with van der Waals surface area (Å²) in [4.78, 5) is 34.9. The number of hydrogen-bond acceptors (Lipinski definition) is 4. The van der Waals surface area contributed by atoms with Crippen LogP contribution in [0.2, 0.25) is 0 Å². The average Bonchev–Trinajstić information content (AvgIpc) is 3.11. The van der Waals surface area contributed by atoms with E-state index in [-0.39, 0.29) is 24.5 Å². The van der Waals surface area contributed by atoms with Gasteiger partial charge in [-0.05, 0) is 89.5 Å². The Morgan fingerprint density at radius 2 is 1.02 bits per heavy atom. The number of esters is 1. The van der Waals surface area contributed by atoms with Crippen LogP contribution in [0, 0.1) is 0 Å². The molecule has 0 fully saturated rings. The molecule has 0 bridgehead atoms. The number of carbonyl (C=O) groups excluding carboxylic acids is 2. The number of ether oxygens (including phenoxy) is 1. The van der Waals surface area contributed by atoms with E-state index < -0.39 is 5.97 Å². The lowest BCUT2D eigenvalue weighted by Gasteiger charge is -2.14. The average molecular weight is 710 g/mol. The molecule has 290 valence electrons. The van der Waals surface area contributed by atoms with Gasteiger partial charge >= 0.3 is 11.9 Å². The highest BCUT2D eigenvalue weighted by atomic mass is 16.5. The van der Waals surface area contributed by atoms with Crippen molar-refractivity contribution in [1.82, 2.24) is 5.32 Å². The molecule has 0 aliphatic carbocycles. The lowest BCUT2D eigenvalue weighted by molar-refractivity contribution is -0.147. The molecular formula is C45H75NO5. The Morgan fingerprint density at radius 3 is 1.59 bits per heavy atom. The van der Waals surface area contributed by atoms with Crippen molar-refractivity contribution in [2.45, 2.75) is 187 Å². The summed E-state index contributed by atoms with van der Waals surface area (Å²) in [5.74, 6) is -1.35. The highest BCUT2D eigenvalue weighted by Gasteiger charge is 2.11. The number of carboxylic acid groups (broad SMARTS) is 1. The summed E-state index contributed by atoms with van der Waals surface area (Å²) in [5.41, 5.74) is 0. The number of rotatable bonds is 36. The zero-order chi connectivity index (χ0) is 37.3. The Kier molecular flexibility index (Phi) is 37.2. The monoisotopic (exact) mass is 710 g/mol. The van der Waals surface area contributed by atoms with Gasteiger partial charge in [-0.2, -0.15) is 0 Å². The highest BCUT2D eigenvalue weighted by Crippen LogP contribution is 2.15. The van der Waals surface area contributed by atoms with Crippen molar-refractivity contribution in [2.24, 2.45) is 0 Å². The van der Waals surface area contributed by atoms with Gasteiger partial charge in [-0.3, -0.25) is 14.4 Å². The zero-order valence-corrected chi connectivity index (χ0v) is 32.7. The van der Waals surface area contributed by atoms with E-state index in [0.717, 1.165) is 83.5 Å². The summed E-state index contributed by atoms with van der Waals surface area (Å²) in [6.07, 6.45) is 53.2. The fourth-order valence-electron chi connectivity index (χ4n) is 5.57. The minimum Gasteiger partial charge on any atom is -0.480 e. The molecule has 0 rings (SSSR count). The molecule has 0 saturated heterocycles. The summed E-state index contributed by atoms with van der Waals surface area (Å²) < 4.78 is 5.90. The summed E-state index contributed by atoms with van der Waals surface area (Å²) in [6, 6.07) is 0. The Morgan fingerprint density at radius 1 is 0.549 bits per heavy atom. The predicted molar refractivity (Wildman–Crippen MR) is 217 cm³/mol. The SMILES string of the molecule is CC/C=C\C/C=C\C/C=C\C/C=C\C(CCCCCCCC(=O)NCC(=O)O)OC(=O)CCCCCCCCC/C=C\C/C=C\CCCCCC. The predicted octanol–water partition coefficient (Wildman–Crippen LogP) is 12.6.